The predicted octanol–water partition coefficient (Wildman–Crippen LogP) is 3.28. The first kappa shape index (κ1) is 23.2. The third-order valence-corrected chi connectivity index (χ3v) is 6.16. The number of amides is 1. The van der Waals surface area contributed by atoms with E-state index in [2.05, 4.69) is 0 Å². The number of rotatable bonds is 8. The van der Waals surface area contributed by atoms with Gasteiger partial charge in [-0.15, -0.1) is 0 Å². The molecule has 6 nitrogen and oxygen atoms in total. The first-order chi connectivity index (χ1) is 15.8. The lowest BCUT2D eigenvalue weighted by Gasteiger charge is -2.27. The molecule has 0 fully saturated rings. The Labute approximate surface area is 195 Å². The SMILES string of the molecule is CN(C=O)CCn1c2c(c(=O)n1Cc1ccc(Cl)cc1)CN(Cc1cc(F)cc(F)c1)CC2. The fraction of sp³-hybridized carbons (Fsp3) is 0.333. The van der Waals surface area contributed by atoms with Crippen molar-refractivity contribution in [2.45, 2.75) is 32.6 Å². The van der Waals surface area contributed by atoms with Gasteiger partial charge in [-0.2, -0.15) is 0 Å². The standard InChI is InChI=1S/C24H25ClF2N4O2/c1-28(16-32)8-9-30-23-6-7-29(13-18-10-20(26)12-21(27)11-18)15-22(23)24(33)31(30)14-17-2-4-19(25)5-3-17/h2-5,10-12,16H,6-9,13-15H2,1H3. The summed E-state index contributed by atoms with van der Waals surface area (Å²) in [6, 6.07) is 10.8. The number of likely N-dealkylation sites (N-methyl/N-ethyl adjacent to an activating group) is 1. The van der Waals surface area contributed by atoms with Gasteiger partial charge >= 0.3 is 0 Å². The molecule has 3 aromatic rings. The molecule has 0 spiro atoms. The smallest absolute Gasteiger partial charge is 0.271 e. The Morgan fingerprint density at radius 2 is 1.73 bits per heavy atom. The van der Waals surface area contributed by atoms with E-state index in [1.54, 1.807) is 23.9 Å². The van der Waals surface area contributed by atoms with Crippen molar-refractivity contribution in [2.24, 2.45) is 0 Å². The maximum Gasteiger partial charge on any atom is 0.271 e. The Balaban J connectivity index is 1.63. The summed E-state index contributed by atoms with van der Waals surface area (Å²) in [7, 11) is 1.70. The molecule has 0 bridgehead atoms. The van der Waals surface area contributed by atoms with Crippen LogP contribution in [0.4, 0.5) is 8.78 Å². The van der Waals surface area contributed by atoms with Crippen molar-refractivity contribution < 1.29 is 13.6 Å². The van der Waals surface area contributed by atoms with Crippen LogP contribution in [0.1, 0.15) is 22.4 Å². The monoisotopic (exact) mass is 474 g/mol. The van der Waals surface area contributed by atoms with Crippen LogP contribution in [0.2, 0.25) is 5.02 Å². The lowest BCUT2D eigenvalue weighted by molar-refractivity contribution is -0.117. The van der Waals surface area contributed by atoms with Crippen LogP contribution in [-0.4, -0.2) is 45.7 Å². The summed E-state index contributed by atoms with van der Waals surface area (Å²) in [5.74, 6) is -1.23. The van der Waals surface area contributed by atoms with Crippen molar-refractivity contribution in [3.63, 3.8) is 0 Å². The predicted molar refractivity (Wildman–Crippen MR) is 122 cm³/mol. The minimum Gasteiger partial charge on any atom is -0.346 e. The summed E-state index contributed by atoms with van der Waals surface area (Å²) in [5.41, 5.74) is 3.00. The molecule has 1 aliphatic heterocycles. The van der Waals surface area contributed by atoms with E-state index in [1.807, 2.05) is 21.7 Å². The maximum atomic E-state index is 13.6. The lowest BCUT2D eigenvalue weighted by Crippen LogP contribution is -2.33. The Morgan fingerprint density at radius 1 is 1.03 bits per heavy atom. The van der Waals surface area contributed by atoms with Crippen LogP contribution < -0.4 is 5.56 Å². The molecular weight excluding hydrogens is 450 g/mol. The van der Waals surface area contributed by atoms with Gasteiger partial charge in [-0.3, -0.25) is 19.2 Å². The number of nitrogens with zero attached hydrogens (tertiary/aromatic N) is 4. The van der Waals surface area contributed by atoms with Crippen LogP contribution in [0.25, 0.3) is 0 Å². The first-order valence-corrected chi connectivity index (χ1v) is 11.1. The molecule has 0 unspecified atom stereocenters. The van der Waals surface area contributed by atoms with E-state index < -0.39 is 11.6 Å². The van der Waals surface area contributed by atoms with Crippen molar-refractivity contribution in [1.29, 1.82) is 0 Å². The quantitative estimate of drug-likeness (QED) is 0.471. The van der Waals surface area contributed by atoms with Crippen LogP contribution in [0.5, 0.6) is 0 Å². The summed E-state index contributed by atoms with van der Waals surface area (Å²) < 4.78 is 30.9. The number of benzene rings is 2. The number of aromatic nitrogens is 2. The van der Waals surface area contributed by atoms with E-state index in [9.17, 15) is 18.4 Å². The normalized spacial score (nSPS) is 13.7. The molecular formula is C24H25ClF2N4O2. The number of carbonyl (C=O) groups is 1. The summed E-state index contributed by atoms with van der Waals surface area (Å²) in [6.07, 6.45) is 1.39. The van der Waals surface area contributed by atoms with Crippen molar-refractivity contribution in [2.75, 3.05) is 20.1 Å². The zero-order valence-electron chi connectivity index (χ0n) is 18.3. The molecule has 0 saturated carbocycles. The molecule has 174 valence electrons. The summed E-state index contributed by atoms with van der Waals surface area (Å²) >= 11 is 6.00. The van der Waals surface area contributed by atoms with E-state index in [4.69, 9.17) is 11.6 Å². The molecule has 2 aromatic carbocycles. The number of hydrogen-bond acceptors (Lipinski definition) is 3. The first-order valence-electron chi connectivity index (χ1n) is 10.7. The summed E-state index contributed by atoms with van der Waals surface area (Å²) in [4.78, 5) is 28.0. The maximum absolute atomic E-state index is 13.6. The van der Waals surface area contributed by atoms with Crippen LogP contribution in [0.15, 0.2) is 47.3 Å². The van der Waals surface area contributed by atoms with Crippen LogP contribution in [0.3, 0.4) is 0 Å². The van der Waals surface area contributed by atoms with Gasteiger partial charge in [0.15, 0.2) is 0 Å². The molecule has 0 aliphatic carbocycles. The van der Waals surface area contributed by atoms with Gasteiger partial charge in [0.1, 0.15) is 11.6 Å². The van der Waals surface area contributed by atoms with Gasteiger partial charge in [0.25, 0.3) is 5.56 Å². The Hall–Kier alpha value is -2.97. The Morgan fingerprint density at radius 3 is 2.39 bits per heavy atom. The molecule has 33 heavy (non-hydrogen) atoms. The molecule has 1 aromatic heterocycles. The zero-order chi connectivity index (χ0) is 23.5. The van der Waals surface area contributed by atoms with Gasteiger partial charge in [0, 0.05) is 56.4 Å². The number of fused-ring (bicyclic) bond motifs is 1. The summed E-state index contributed by atoms with van der Waals surface area (Å²) in [5, 5.41) is 0.623. The van der Waals surface area contributed by atoms with E-state index in [0.717, 1.165) is 23.7 Å². The van der Waals surface area contributed by atoms with Gasteiger partial charge in [-0.1, -0.05) is 23.7 Å². The fourth-order valence-electron chi connectivity index (χ4n) is 4.27. The second-order valence-electron chi connectivity index (χ2n) is 8.36. The minimum absolute atomic E-state index is 0.0937. The average molecular weight is 475 g/mol. The molecule has 0 atom stereocenters. The van der Waals surface area contributed by atoms with Crippen molar-refractivity contribution in [3.8, 4) is 0 Å². The van der Waals surface area contributed by atoms with Crippen LogP contribution in [-0.2, 0) is 37.4 Å². The molecule has 0 radical (unpaired) electrons. The topological polar surface area (TPSA) is 50.5 Å². The van der Waals surface area contributed by atoms with Gasteiger partial charge in [-0.05, 0) is 35.4 Å². The highest BCUT2D eigenvalue weighted by molar-refractivity contribution is 6.30. The number of halogens is 3. The third-order valence-electron chi connectivity index (χ3n) is 5.91. The largest absolute Gasteiger partial charge is 0.346 e. The van der Waals surface area contributed by atoms with E-state index in [-0.39, 0.29) is 5.56 Å². The molecule has 9 heteroatoms. The average Bonchev–Trinajstić information content (AvgIpc) is 3.03. The molecule has 2 heterocycles. The van der Waals surface area contributed by atoms with Crippen molar-refractivity contribution in [1.82, 2.24) is 19.2 Å². The van der Waals surface area contributed by atoms with Gasteiger partial charge in [0.05, 0.1) is 18.7 Å². The van der Waals surface area contributed by atoms with Crippen molar-refractivity contribution in [3.05, 3.63) is 91.9 Å². The fourth-order valence-corrected chi connectivity index (χ4v) is 4.40. The van der Waals surface area contributed by atoms with E-state index in [0.29, 0.717) is 61.8 Å². The molecule has 4 rings (SSSR count). The number of hydrogen-bond donors (Lipinski definition) is 0. The Bertz CT molecular complexity index is 1190. The molecule has 0 saturated heterocycles. The van der Waals surface area contributed by atoms with Crippen LogP contribution >= 0.6 is 11.6 Å². The molecule has 1 aliphatic rings. The Kier molecular flexibility index (Phi) is 6.95. The highest BCUT2D eigenvalue weighted by atomic mass is 35.5. The molecule has 1 amide bonds. The van der Waals surface area contributed by atoms with Crippen LogP contribution in [0, 0.1) is 11.6 Å². The second kappa shape index (κ2) is 9.89. The van der Waals surface area contributed by atoms with Gasteiger partial charge in [0.2, 0.25) is 6.41 Å². The summed E-state index contributed by atoms with van der Waals surface area (Å²) in [6.45, 7) is 2.73. The second-order valence-corrected chi connectivity index (χ2v) is 8.80. The minimum atomic E-state index is -0.613. The van der Waals surface area contributed by atoms with Crippen molar-refractivity contribution >= 4 is 18.0 Å². The highest BCUT2D eigenvalue weighted by Gasteiger charge is 2.26. The lowest BCUT2D eigenvalue weighted by atomic mass is 10.1. The van der Waals surface area contributed by atoms with E-state index >= 15 is 0 Å². The molecule has 0 N–H and O–H groups in total. The van der Waals surface area contributed by atoms with Gasteiger partial charge < -0.3 is 4.90 Å². The third kappa shape index (κ3) is 5.34. The number of carbonyl (C=O) groups excluding carboxylic acids is 1. The zero-order valence-corrected chi connectivity index (χ0v) is 19.1. The van der Waals surface area contributed by atoms with E-state index in [1.165, 1.54) is 17.0 Å². The highest BCUT2D eigenvalue weighted by Crippen LogP contribution is 2.21. The van der Waals surface area contributed by atoms with Gasteiger partial charge in [-0.25, -0.2) is 13.5 Å².